The largest absolute Gasteiger partial charge is 0.492 e. The van der Waals surface area contributed by atoms with Gasteiger partial charge < -0.3 is 4.74 Å². The van der Waals surface area contributed by atoms with Crippen LogP contribution in [0, 0.1) is 22.5 Å². The molecule has 8 heteroatoms. The van der Waals surface area contributed by atoms with Crippen molar-refractivity contribution in [3.63, 3.8) is 0 Å². The van der Waals surface area contributed by atoms with Gasteiger partial charge in [-0.1, -0.05) is 12.1 Å². The topological polar surface area (TPSA) is 59.9 Å². The molecular weight excluding hydrogens is 456 g/mol. The third-order valence-electron chi connectivity index (χ3n) is 8.12. The highest BCUT2D eigenvalue weighted by molar-refractivity contribution is 7.71. The molecule has 4 fully saturated rings. The molecule has 0 amide bonds. The third kappa shape index (κ3) is 3.33. The zero-order valence-corrected chi connectivity index (χ0v) is 19.8. The van der Waals surface area contributed by atoms with E-state index in [-0.39, 0.29) is 26.8 Å². The van der Waals surface area contributed by atoms with E-state index in [1.54, 1.807) is 16.7 Å². The lowest BCUT2D eigenvalue weighted by Crippen LogP contribution is -2.49. The van der Waals surface area contributed by atoms with Crippen molar-refractivity contribution in [1.82, 2.24) is 14.5 Å². The second kappa shape index (κ2) is 7.97. The van der Waals surface area contributed by atoms with E-state index in [9.17, 15) is 13.6 Å². The maximum absolute atomic E-state index is 14.4. The van der Waals surface area contributed by atoms with Crippen molar-refractivity contribution in [2.45, 2.75) is 57.3 Å². The Bertz CT molecular complexity index is 1360. The summed E-state index contributed by atoms with van der Waals surface area (Å²) < 4.78 is 36.3. The van der Waals surface area contributed by atoms with Crippen LogP contribution in [0.5, 0.6) is 5.75 Å². The minimum absolute atomic E-state index is 0.108. The van der Waals surface area contributed by atoms with Gasteiger partial charge >= 0.3 is 0 Å². The van der Waals surface area contributed by atoms with Crippen LogP contribution in [0.4, 0.5) is 8.78 Å². The minimum Gasteiger partial charge on any atom is -0.492 e. The molecule has 1 N–H and O–H groups in total. The fraction of sp³-hybridized carbons (Fsp3) is 0.500. The first-order valence-corrected chi connectivity index (χ1v) is 12.5. The highest BCUT2D eigenvalue weighted by atomic mass is 32.1. The first-order chi connectivity index (χ1) is 16.4. The number of halogens is 2. The molecule has 0 radical (unpaired) electrons. The van der Waals surface area contributed by atoms with E-state index in [4.69, 9.17) is 21.9 Å². The zero-order valence-electron chi connectivity index (χ0n) is 19.0. The summed E-state index contributed by atoms with van der Waals surface area (Å²) in [5.41, 5.74) is 0.348. The number of pyridine rings is 1. The number of hydrogen-bond donors (Lipinski definition) is 1. The van der Waals surface area contributed by atoms with Crippen molar-refractivity contribution >= 4 is 23.3 Å². The molecule has 0 atom stereocenters. The van der Waals surface area contributed by atoms with Crippen LogP contribution in [-0.2, 0) is 5.41 Å². The number of H-pyrrole nitrogens is 1. The summed E-state index contributed by atoms with van der Waals surface area (Å²) in [4.78, 5) is 20.5. The van der Waals surface area contributed by atoms with Crippen LogP contribution in [0.15, 0.2) is 35.1 Å². The molecule has 4 aliphatic carbocycles. The van der Waals surface area contributed by atoms with Gasteiger partial charge in [-0.05, 0) is 93.6 Å². The Hall–Kier alpha value is -2.61. The van der Waals surface area contributed by atoms with E-state index < -0.39 is 12.0 Å². The lowest BCUT2D eigenvalue weighted by atomic mass is 9.48. The molecule has 5 nitrogen and oxygen atoms in total. The molecule has 34 heavy (non-hydrogen) atoms. The van der Waals surface area contributed by atoms with Crippen molar-refractivity contribution in [3.05, 3.63) is 56.7 Å². The number of ether oxygens (including phenoxy) is 1. The van der Waals surface area contributed by atoms with Crippen LogP contribution in [0.1, 0.15) is 63.1 Å². The second-order valence-corrected chi connectivity index (χ2v) is 10.7. The SMILES string of the molecule is CCOc1ccccc1-n1c(=S)[nH]c(=O)c2c(C(F)F)cc(C34CC5CC(CC(C5)C3)C4)nc21. The van der Waals surface area contributed by atoms with Gasteiger partial charge in [0.25, 0.3) is 12.0 Å². The molecule has 0 saturated heterocycles. The van der Waals surface area contributed by atoms with Crippen LogP contribution < -0.4 is 10.3 Å². The summed E-state index contributed by atoms with van der Waals surface area (Å²) >= 11 is 5.54. The molecular formula is C26H27F2N3O2S. The van der Waals surface area contributed by atoms with E-state index in [1.165, 1.54) is 25.3 Å². The van der Waals surface area contributed by atoms with E-state index in [2.05, 4.69) is 4.98 Å². The van der Waals surface area contributed by atoms with Crippen molar-refractivity contribution in [3.8, 4) is 11.4 Å². The zero-order chi connectivity index (χ0) is 23.6. The van der Waals surface area contributed by atoms with Gasteiger partial charge in [-0.15, -0.1) is 0 Å². The number of nitrogens with one attached hydrogen (secondary N) is 1. The predicted octanol–water partition coefficient (Wildman–Crippen LogP) is 6.25. The summed E-state index contributed by atoms with van der Waals surface area (Å²) in [5, 5.41) is -0.108. The number of aromatic amines is 1. The smallest absolute Gasteiger partial charge is 0.264 e. The fourth-order valence-corrected chi connectivity index (χ4v) is 7.55. The molecule has 0 aliphatic heterocycles. The number of hydrogen-bond acceptors (Lipinski definition) is 4. The summed E-state index contributed by atoms with van der Waals surface area (Å²) in [5.74, 6) is 2.46. The summed E-state index contributed by atoms with van der Waals surface area (Å²) in [7, 11) is 0. The summed E-state index contributed by atoms with van der Waals surface area (Å²) in [6.45, 7) is 2.30. The van der Waals surface area contributed by atoms with E-state index in [1.807, 2.05) is 19.1 Å². The molecule has 7 rings (SSSR count). The standard InChI is InChI=1S/C26H27F2N3O2S/c1-2-33-19-6-4-3-5-18(19)31-23-21(24(32)30-25(31)34)17(22(27)28)10-20(29-23)26-11-14-7-15(12-26)9-16(8-14)13-26/h3-6,10,14-16,22H,2,7-9,11-13H2,1H3,(H,30,32,34). The molecule has 4 aliphatic rings. The summed E-state index contributed by atoms with van der Waals surface area (Å²) in [6, 6.07) is 8.78. The minimum atomic E-state index is -2.80. The number of nitrogens with zero attached hydrogens (tertiary/aromatic N) is 2. The Morgan fingerprint density at radius 1 is 1.18 bits per heavy atom. The van der Waals surface area contributed by atoms with Gasteiger partial charge in [-0.3, -0.25) is 14.3 Å². The Balaban J connectivity index is 1.66. The first kappa shape index (κ1) is 21.9. The fourth-order valence-electron chi connectivity index (χ4n) is 7.27. The van der Waals surface area contributed by atoms with E-state index >= 15 is 0 Å². The number of para-hydroxylation sites is 2. The van der Waals surface area contributed by atoms with E-state index in [0.717, 1.165) is 19.3 Å². The van der Waals surface area contributed by atoms with Crippen molar-refractivity contribution in [1.29, 1.82) is 0 Å². The van der Waals surface area contributed by atoms with Crippen LogP contribution in [-0.4, -0.2) is 21.1 Å². The summed E-state index contributed by atoms with van der Waals surface area (Å²) in [6.07, 6.45) is 3.88. The number of alkyl halides is 2. The van der Waals surface area contributed by atoms with Crippen LogP contribution >= 0.6 is 12.2 Å². The maximum Gasteiger partial charge on any atom is 0.264 e. The molecule has 0 unspecified atom stereocenters. The number of fused-ring (bicyclic) bond motifs is 1. The van der Waals surface area contributed by atoms with Gasteiger partial charge in [0.1, 0.15) is 5.75 Å². The Morgan fingerprint density at radius 2 is 1.82 bits per heavy atom. The maximum atomic E-state index is 14.4. The Labute approximate surface area is 201 Å². The third-order valence-corrected chi connectivity index (χ3v) is 8.40. The van der Waals surface area contributed by atoms with Crippen molar-refractivity contribution in [2.75, 3.05) is 6.61 Å². The van der Waals surface area contributed by atoms with Crippen LogP contribution in [0.3, 0.4) is 0 Å². The Morgan fingerprint density at radius 3 is 2.44 bits per heavy atom. The van der Waals surface area contributed by atoms with E-state index in [0.29, 0.717) is 41.5 Å². The second-order valence-electron chi connectivity index (χ2n) is 10.3. The van der Waals surface area contributed by atoms with Gasteiger partial charge in [0, 0.05) is 16.7 Å². The normalized spacial score (nSPS) is 27.6. The van der Waals surface area contributed by atoms with Crippen molar-refractivity contribution < 1.29 is 13.5 Å². The number of benzene rings is 1. The highest BCUT2D eigenvalue weighted by Gasteiger charge is 2.52. The molecule has 178 valence electrons. The van der Waals surface area contributed by atoms with Crippen LogP contribution in [0.25, 0.3) is 16.7 Å². The quantitative estimate of drug-likeness (QED) is 0.436. The molecule has 3 aromatic rings. The average molecular weight is 484 g/mol. The molecule has 4 saturated carbocycles. The Kier molecular flexibility index (Phi) is 5.13. The average Bonchev–Trinajstić information content (AvgIpc) is 2.78. The molecule has 2 heterocycles. The van der Waals surface area contributed by atoms with Gasteiger partial charge in [-0.2, -0.15) is 0 Å². The van der Waals surface area contributed by atoms with Gasteiger partial charge in [0.15, 0.2) is 10.4 Å². The predicted molar refractivity (Wildman–Crippen MR) is 129 cm³/mol. The first-order valence-electron chi connectivity index (χ1n) is 12.1. The lowest BCUT2D eigenvalue weighted by molar-refractivity contribution is -0.00721. The van der Waals surface area contributed by atoms with Gasteiger partial charge in [0.05, 0.1) is 17.7 Å². The van der Waals surface area contributed by atoms with Crippen LogP contribution in [0.2, 0.25) is 0 Å². The van der Waals surface area contributed by atoms with Gasteiger partial charge in [0.2, 0.25) is 0 Å². The monoisotopic (exact) mass is 483 g/mol. The number of aromatic nitrogens is 3. The van der Waals surface area contributed by atoms with Gasteiger partial charge in [-0.25, -0.2) is 13.8 Å². The molecule has 1 aromatic carbocycles. The molecule has 4 bridgehead atoms. The molecule has 2 aromatic heterocycles. The van der Waals surface area contributed by atoms with Crippen molar-refractivity contribution in [2.24, 2.45) is 17.8 Å². The molecule has 0 spiro atoms. The highest BCUT2D eigenvalue weighted by Crippen LogP contribution is 2.60. The lowest BCUT2D eigenvalue weighted by Gasteiger charge is -2.56. The number of rotatable bonds is 5.